The van der Waals surface area contributed by atoms with Crippen molar-refractivity contribution in [2.24, 2.45) is 5.73 Å². The van der Waals surface area contributed by atoms with Crippen molar-refractivity contribution in [3.8, 4) is 0 Å². The van der Waals surface area contributed by atoms with Gasteiger partial charge < -0.3 is 11.1 Å². The molecule has 3 aromatic rings. The molecule has 4 heteroatoms. The Balaban J connectivity index is 1.68. The van der Waals surface area contributed by atoms with Crippen LogP contribution in [0.1, 0.15) is 17.3 Å². The molecule has 0 aromatic heterocycles. The minimum Gasteiger partial charge on any atom is -0.352 e. The molecule has 0 radical (unpaired) electrons. The van der Waals surface area contributed by atoms with Gasteiger partial charge >= 0.3 is 0 Å². The van der Waals surface area contributed by atoms with E-state index >= 15 is 0 Å². The number of rotatable bonds is 3. The van der Waals surface area contributed by atoms with Gasteiger partial charge in [0.25, 0.3) is 0 Å². The Morgan fingerprint density at radius 2 is 1.70 bits per heavy atom. The molecule has 1 atom stereocenters. The zero-order valence-corrected chi connectivity index (χ0v) is 14.5. The first kappa shape index (κ1) is 16.0. The molecule has 0 saturated carbocycles. The smallest absolute Gasteiger partial charge is 0.140 e. The second-order valence-electron chi connectivity index (χ2n) is 5.43. The number of benzene rings is 3. The Morgan fingerprint density at radius 1 is 1.00 bits per heavy atom. The van der Waals surface area contributed by atoms with Crippen molar-refractivity contribution in [3.05, 3.63) is 77.9 Å². The van der Waals surface area contributed by atoms with E-state index in [9.17, 15) is 0 Å². The summed E-state index contributed by atoms with van der Waals surface area (Å²) in [6, 6.07) is 22.8. The van der Waals surface area contributed by atoms with E-state index < -0.39 is 0 Å². The number of thioether (sulfide) groups is 1. The van der Waals surface area contributed by atoms with E-state index in [4.69, 9.17) is 18.0 Å². The molecule has 0 aliphatic heterocycles. The summed E-state index contributed by atoms with van der Waals surface area (Å²) in [4.78, 5) is 1.11. The highest BCUT2D eigenvalue weighted by molar-refractivity contribution is 8.23. The van der Waals surface area contributed by atoms with Crippen molar-refractivity contribution >= 4 is 39.1 Å². The van der Waals surface area contributed by atoms with E-state index in [-0.39, 0.29) is 6.17 Å². The Bertz CT molecular complexity index is 828. The summed E-state index contributed by atoms with van der Waals surface area (Å²) in [6.07, 6.45) is -0.315. The highest BCUT2D eigenvalue weighted by Crippen LogP contribution is 2.22. The number of fused-ring (bicyclic) bond motifs is 1. The lowest BCUT2D eigenvalue weighted by Crippen LogP contribution is -2.31. The van der Waals surface area contributed by atoms with E-state index in [1.165, 1.54) is 28.1 Å². The molecule has 116 valence electrons. The molecule has 2 nitrogen and oxygen atoms in total. The van der Waals surface area contributed by atoms with E-state index in [0.717, 1.165) is 10.5 Å². The van der Waals surface area contributed by atoms with Crippen LogP contribution in [0.3, 0.4) is 0 Å². The summed E-state index contributed by atoms with van der Waals surface area (Å²) in [5.41, 5.74) is 8.51. The number of nitrogens with two attached hydrogens (primary N) is 1. The molecule has 3 aromatic carbocycles. The summed E-state index contributed by atoms with van der Waals surface area (Å²) < 4.78 is 0.675. The predicted molar refractivity (Wildman–Crippen MR) is 104 cm³/mol. The first-order valence-corrected chi connectivity index (χ1v) is 8.63. The van der Waals surface area contributed by atoms with Crippen molar-refractivity contribution in [2.75, 3.05) is 0 Å². The zero-order valence-electron chi connectivity index (χ0n) is 12.8. The minimum absolute atomic E-state index is 0.315. The number of nitrogens with one attached hydrogen (secondary N) is 1. The number of aryl methyl sites for hydroxylation is 1. The van der Waals surface area contributed by atoms with Crippen LogP contribution in [-0.4, -0.2) is 4.32 Å². The summed E-state index contributed by atoms with van der Waals surface area (Å²) in [5.74, 6) is 0. The Kier molecular flexibility index (Phi) is 4.96. The summed E-state index contributed by atoms with van der Waals surface area (Å²) in [5, 5.41) is 5.58. The van der Waals surface area contributed by atoms with Gasteiger partial charge in [0.05, 0.1) is 0 Å². The molecule has 0 saturated heterocycles. The molecule has 0 bridgehead atoms. The largest absolute Gasteiger partial charge is 0.352 e. The molecule has 0 amide bonds. The first-order chi connectivity index (χ1) is 11.1. The molecule has 0 fully saturated rings. The number of thiocarbonyl (C=S) groups is 1. The molecular formula is C19H18N2S2. The molecule has 23 heavy (non-hydrogen) atoms. The summed E-state index contributed by atoms with van der Waals surface area (Å²) >= 11 is 6.93. The molecule has 0 aliphatic rings. The van der Waals surface area contributed by atoms with Gasteiger partial charge in [-0.2, -0.15) is 0 Å². The van der Waals surface area contributed by atoms with Gasteiger partial charge in [-0.25, -0.2) is 0 Å². The Morgan fingerprint density at radius 3 is 2.43 bits per heavy atom. The topological polar surface area (TPSA) is 38.0 Å². The fourth-order valence-electron chi connectivity index (χ4n) is 2.35. The van der Waals surface area contributed by atoms with Crippen LogP contribution >= 0.6 is 24.0 Å². The molecule has 0 aliphatic carbocycles. The van der Waals surface area contributed by atoms with Gasteiger partial charge in [0.2, 0.25) is 0 Å². The van der Waals surface area contributed by atoms with Crippen molar-refractivity contribution < 1.29 is 0 Å². The third-order valence-corrected chi connectivity index (χ3v) is 4.82. The molecule has 0 spiro atoms. The fourth-order valence-corrected chi connectivity index (χ4v) is 3.44. The van der Waals surface area contributed by atoms with Crippen LogP contribution in [0.5, 0.6) is 0 Å². The SMILES string of the molecule is Cc1ccc(SC(=S)NC(N)c2ccc3ccccc3c2)cc1. The second-order valence-corrected chi connectivity index (χ2v) is 7.18. The summed E-state index contributed by atoms with van der Waals surface area (Å²) in [7, 11) is 0. The van der Waals surface area contributed by atoms with Gasteiger partial charge in [0.15, 0.2) is 0 Å². The highest BCUT2D eigenvalue weighted by atomic mass is 32.2. The van der Waals surface area contributed by atoms with Gasteiger partial charge in [-0.15, -0.1) is 0 Å². The maximum Gasteiger partial charge on any atom is 0.140 e. The fraction of sp³-hybridized carbons (Fsp3) is 0.105. The lowest BCUT2D eigenvalue weighted by Gasteiger charge is -2.16. The van der Waals surface area contributed by atoms with E-state index in [0.29, 0.717) is 4.32 Å². The average Bonchev–Trinajstić information content (AvgIpc) is 2.56. The second kappa shape index (κ2) is 7.13. The normalized spacial score (nSPS) is 12.1. The predicted octanol–water partition coefficient (Wildman–Crippen LogP) is 4.77. The molecule has 1 unspecified atom stereocenters. The quantitative estimate of drug-likeness (QED) is 0.410. The molecule has 0 heterocycles. The third kappa shape index (κ3) is 4.10. The van der Waals surface area contributed by atoms with E-state index in [1.54, 1.807) is 0 Å². The monoisotopic (exact) mass is 338 g/mol. The zero-order chi connectivity index (χ0) is 16.2. The number of hydrogen-bond acceptors (Lipinski definition) is 3. The lowest BCUT2D eigenvalue weighted by molar-refractivity contribution is 0.694. The molecular weight excluding hydrogens is 320 g/mol. The lowest BCUT2D eigenvalue weighted by atomic mass is 10.1. The summed E-state index contributed by atoms with van der Waals surface area (Å²) in [6.45, 7) is 2.07. The van der Waals surface area contributed by atoms with Crippen molar-refractivity contribution in [1.29, 1.82) is 0 Å². The Hall–Kier alpha value is -1.88. The van der Waals surface area contributed by atoms with Crippen molar-refractivity contribution in [3.63, 3.8) is 0 Å². The molecule has 3 N–H and O–H groups in total. The van der Waals surface area contributed by atoms with Crippen LogP contribution in [0.4, 0.5) is 0 Å². The average molecular weight is 339 g/mol. The van der Waals surface area contributed by atoms with Crippen LogP contribution in [0.25, 0.3) is 10.8 Å². The standard InChI is InChI=1S/C19H18N2S2/c1-13-6-10-17(11-7-13)23-19(22)21-18(20)16-9-8-14-4-2-3-5-15(14)12-16/h2-12,18H,20H2,1H3,(H,21,22). The van der Waals surface area contributed by atoms with Crippen LogP contribution in [0.15, 0.2) is 71.6 Å². The van der Waals surface area contributed by atoms with Gasteiger partial charge in [-0.05, 0) is 41.5 Å². The maximum absolute atomic E-state index is 6.25. The van der Waals surface area contributed by atoms with E-state index in [1.807, 2.05) is 18.2 Å². The minimum atomic E-state index is -0.315. The highest BCUT2D eigenvalue weighted by Gasteiger charge is 2.09. The van der Waals surface area contributed by atoms with Crippen molar-refractivity contribution in [2.45, 2.75) is 18.0 Å². The van der Waals surface area contributed by atoms with Crippen LogP contribution < -0.4 is 11.1 Å². The van der Waals surface area contributed by atoms with Gasteiger partial charge in [-0.1, -0.05) is 78.1 Å². The van der Waals surface area contributed by atoms with Gasteiger partial charge in [-0.3, -0.25) is 0 Å². The van der Waals surface area contributed by atoms with E-state index in [2.05, 4.69) is 60.8 Å². The van der Waals surface area contributed by atoms with Gasteiger partial charge in [0, 0.05) is 4.90 Å². The molecule has 3 rings (SSSR count). The van der Waals surface area contributed by atoms with Gasteiger partial charge in [0.1, 0.15) is 10.5 Å². The number of hydrogen-bond donors (Lipinski definition) is 2. The Labute approximate surface area is 146 Å². The van der Waals surface area contributed by atoms with Crippen LogP contribution in [-0.2, 0) is 0 Å². The third-order valence-electron chi connectivity index (χ3n) is 3.64. The maximum atomic E-state index is 6.25. The van der Waals surface area contributed by atoms with Crippen LogP contribution in [0.2, 0.25) is 0 Å². The first-order valence-electron chi connectivity index (χ1n) is 7.41. The van der Waals surface area contributed by atoms with Crippen LogP contribution in [0, 0.1) is 6.92 Å². The van der Waals surface area contributed by atoms with Crippen molar-refractivity contribution in [1.82, 2.24) is 5.32 Å².